The molecule has 188 valence electrons. The van der Waals surface area contributed by atoms with Crippen LogP contribution in [0.15, 0.2) is 34.0 Å². The van der Waals surface area contributed by atoms with Gasteiger partial charge in [-0.2, -0.15) is 8.62 Å². The van der Waals surface area contributed by atoms with Gasteiger partial charge in [0.05, 0.1) is 6.61 Å². The van der Waals surface area contributed by atoms with E-state index in [-0.39, 0.29) is 6.42 Å². The van der Waals surface area contributed by atoms with Crippen molar-refractivity contribution in [3.8, 4) is 0 Å². The predicted octanol–water partition coefficient (Wildman–Crippen LogP) is 1.09. The third kappa shape index (κ3) is 7.61. The van der Waals surface area contributed by atoms with Crippen molar-refractivity contribution in [3.63, 3.8) is 0 Å². The summed E-state index contributed by atoms with van der Waals surface area (Å²) in [5, 5.41) is 0. The van der Waals surface area contributed by atoms with Crippen LogP contribution in [0.5, 0.6) is 0 Å². The second-order valence-electron chi connectivity index (χ2n) is 7.03. The summed E-state index contributed by atoms with van der Waals surface area (Å²) in [7, 11) is -16.9. The number of phosphoric ester groups is 1. The van der Waals surface area contributed by atoms with Gasteiger partial charge in [-0.1, -0.05) is 19.1 Å². The number of H-pyrrole nitrogens is 1. The number of hydrogen-bond acceptors (Lipinski definition) is 9. The van der Waals surface area contributed by atoms with E-state index in [0.29, 0.717) is 12.0 Å². The van der Waals surface area contributed by atoms with Crippen LogP contribution in [0, 0.1) is 5.92 Å². The minimum atomic E-state index is -5.76. The lowest BCUT2D eigenvalue weighted by Gasteiger charge is -2.27. The fraction of sp³-hybridized carbons (Fsp3) is 0.571. The zero-order valence-electron chi connectivity index (χ0n) is 17.0. The van der Waals surface area contributed by atoms with Gasteiger partial charge in [-0.25, -0.2) is 22.9 Å². The van der Waals surface area contributed by atoms with Gasteiger partial charge in [-0.3, -0.25) is 18.9 Å². The highest BCUT2D eigenvalue weighted by Gasteiger charge is 2.51. The molecule has 5 unspecified atom stereocenters. The van der Waals surface area contributed by atoms with Crippen LogP contribution in [0.25, 0.3) is 0 Å². The summed E-state index contributed by atoms with van der Waals surface area (Å²) >= 11 is 0. The normalized spacial score (nSPS) is 27.1. The number of ether oxygens (including phenoxy) is 1. The fourth-order valence-corrected chi connectivity index (χ4v) is 6.19. The molecule has 15 nitrogen and oxygen atoms in total. The van der Waals surface area contributed by atoms with Crippen molar-refractivity contribution in [3.05, 3.63) is 45.3 Å². The highest BCUT2D eigenvalue weighted by molar-refractivity contribution is 7.66. The molecular weight excluding hydrogens is 516 g/mol. The molecule has 1 aromatic heterocycles. The second-order valence-corrected chi connectivity index (χ2v) is 11.4. The van der Waals surface area contributed by atoms with Crippen molar-refractivity contribution in [1.82, 2.24) is 9.55 Å². The first-order chi connectivity index (χ1) is 15.0. The lowest BCUT2D eigenvalue weighted by atomic mass is 9.88. The third-order valence-electron chi connectivity index (χ3n) is 4.56. The van der Waals surface area contributed by atoms with Crippen molar-refractivity contribution in [2.45, 2.75) is 31.6 Å². The summed E-state index contributed by atoms with van der Waals surface area (Å²) in [4.78, 5) is 61.5. The smallest absolute Gasteiger partial charge is 0.346 e. The molecule has 2 heterocycles. The van der Waals surface area contributed by atoms with E-state index in [1.807, 2.05) is 4.98 Å². The van der Waals surface area contributed by atoms with E-state index in [1.54, 1.807) is 6.92 Å². The minimum absolute atomic E-state index is 0.220. The minimum Gasteiger partial charge on any atom is -0.346 e. The molecule has 0 spiro atoms. The van der Waals surface area contributed by atoms with E-state index in [9.17, 15) is 37.5 Å². The lowest BCUT2D eigenvalue weighted by Crippen LogP contribution is -2.38. The Labute approximate surface area is 185 Å². The molecule has 5 N–H and O–H groups in total. The molecule has 0 radical (unpaired) electrons. The van der Waals surface area contributed by atoms with E-state index in [4.69, 9.17) is 14.5 Å². The number of nitrogens with one attached hydrogen (secondary N) is 1. The van der Waals surface area contributed by atoms with Crippen molar-refractivity contribution < 1.29 is 55.5 Å². The first-order valence-corrected chi connectivity index (χ1v) is 13.6. The standard InChI is InChI=1S/C14H22FN2O13P3/c1-3-9(2)10-6-14(7-15,28-12(10)17-5-4-11(18)16-13(17)19)8-27-32(23,24)30-33(25,26)29-31(20,21)22/h4-5,10,12H,2-3,6-8H2,1H3,(H,23,24)(H,25,26)(H,16,18,19)(H2,20,21,22). The summed E-state index contributed by atoms with van der Waals surface area (Å²) in [5.74, 6) is -0.709. The maximum atomic E-state index is 14.1. The van der Waals surface area contributed by atoms with Crippen molar-refractivity contribution in [2.75, 3.05) is 13.3 Å². The molecule has 0 aromatic carbocycles. The zero-order chi connectivity index (χ0) is 25.2. The van der Waals surface area contributed by atoms with Crippen LogP contribution in [0.3, 0.4) is 0 Å². The van der Waals surface area contributed by atoms with Gasteiger partial charge in [0.25, 0.3) is 5.56 Å². The highest BCUT2D eigenvalue weighted by atomic mass is 31.3. The van der Waals surface area contributed by atoms with Crippen LogP contribution in [0.1, 0.15) is 26.0 Å². The van der Waals surface area contributed by atoms with Gasteiger partial charge in [-0.05, 0) is 12.8 Å². The monoisotopic (exact) mass is 538 g/mol. The van der Waals surface area contributed by atoms with Crippen LogP contribution in [-0.2, 0) is 31.6 Å². The summed E-state index contributed by atoms with van der Waals surface area (Å²) in [6.45, 7) is 3.22. The molecule has 0 aliphatic carbocycles. The number of rotatable bonds is 11. The van der Waals surface area contributed by atoms with Crippen molar-refractivity contribution in [2.24, 2.45) is 5.92 Å². The Hall–Kier alpha value is -1.28. The molecule has 5 atom stereocenters. The largest absolute Gasteiger partial charge is 0.490 e. The molecule has 2 rings (SSSR count). The van der Waals surface area contributed by atoms with E-state index >= 15 is 0 Å². The van der Waals surface area contributed by atoms with Crippen LogP contribution in [0.4, 0.5) is 4.39 Å². The lowest BCUT2D eigenvalue weighted by molar-refractivity contribution is -0.110. The predicted molar refractivity (Wildman–Crippen MR) is 108 cm³/mol. The van der Waals surface area contributed by atoms with Gasteiger partial charge < -0.3 is 24.3 Å². The Kier molecular flexibility index (Phi) is 8.59. The Bertz CT molecular complexity index is 1150. The van der Waals surface area contributed by atoms with E-state index in [0.717, 1.165) is 16.8 Å². The van der Waals surface area contributed by atoms with E-state index in [2.05, 4.69) is 19.7 Å². The Morgan fingerprint density at radius 1 is 1.27 bits per heavy atom. The molecule has 0 amide bonds. The first kappa shape index (κ1) is 28.0. The summed E-state index contributed by atoms with van der Waals surface area (Å²) < 4.78 is 66.6. The quantitative estimate of drug-likeness (QED) is 0.197. The molecular formula is C14H22FN2O13P3. The molecule has 1 aromatic rings. The number of alkyl halides is 1. The fourth-order valence-electron chi connectivity index (χ4n) is 3.09. The summed E-state index contributed by atoms with van der Waals surface area (Å²) in [6, 6.07) is 1.03. The number of aromatic amines is 1. The van der Waals surface area contributed by atoms with Gasteiger partial charge in [0.15, 0.2) is 0 Å². The topological polar surface area (TPSA) is 224 Å². The molecule has 1 saturated heterocycles. The van der Waals surface area contributed by atoms with Crippen LogP contribution >= 0.6 is 23.5 Å². The number of aromatic nitrogens is 2. The van der Waals surface area contributed by atoms with Crippen molar-refractivity contribution in [1.29, 1.82) is 0 Å². The average Bonchev–Trinajstić information content (AvgIpc) is 3.03. The number of nitrogens with zero attached hydrogens (tertiary/aromatic N) is 1. The molecule has 1 aliphatic heterocycles. The van der Waals surface area contributed by atoms with Crippen LogP contribution in [-0.4, -0.2) is 48.0 Å². The molecule has 19 heteroatoms. The van der Waals surface area contributed by atoms with Crippen LogP contribution < -0.4 is 11.2 Å². The molecule has 0 bridgehead atoms. The van der Waals surface area contributed by atoms with Gasteiger partial charge in [0.1, 0.15) is 18.5 Å². The number of hydrogen-bond donors (Lipinski definition) is 5. The van der Waals surface area contributed by atoms with Gasteiger partial charge in [0, 0.05) is 18.2 Å². The molecule has 0 saturated carbocycles. The average molecular weight is 538 g/mol. The van der Waals surface area contributed by atoms with Gasteiger partial charge >= 0.3 is 29.2 Å². The Morgan fingerprint density at radius 2 is 1.91 bits per heavy atom. The SMILES string of the molecule is C=C(CC)C1CC(CF)(COP(=O)(O)OP(=O)(O)OP(=O)(O)O)OC1n1ccc(=O)[nH]c1=O. The number of phosphoric acid groups is 3. The molecule has 1 aliphatic rings. The second kappa shape index (κ2) is 10.1. The zero-order valence-corrected chi connectivity index (χ0v) is 19.7. The van der Waals surface area contributed by atoms with E-state index < -0.39 is 65.7 Å². The maximum Gasteiger partial charge on any atom is 0.490 e. The summed E-state index contributed by atoms with van der Waals surface area (Å²) in [5.41, 5.74) is -3.01. The van der Waals surface area contributed by atoms with Gasteiger partial charge in [-0.15, -0.1) is 0 Å². The Balaban J connectivity index is 2.27. The van der Waals surface area contributed by atoms with E-state index in [1.165, 1.54) is 0 Å². The molecule has 33 heavy (non-hydrogen) atoms. The Morgan fingerprint density at radius 3 is 2.42 bits per heavy atom. The highest BCUT2D eigenvalue weighted by Crippen LogP contribution is 2.66. The first-order valence-electron chi connectivity index (χ1n) is 9.03. The summed E-state index contributed by atoms with van der Waals surface area (Å²) in [6.07, 6.45) is 0.0867. The third-order valence-corrected chi connectivity index (χ3v) is 8.34. The van der Waals surface area contributed by atoms with Crippen LogP contribution in [0.2, 0.25) is 0 Å². The van der Waals surface area contributed by atoms with Gasteiger partial charge in [0.2, 0.25) is 0 Å². The molecule has 1 fully saturated rings. The number of halogens is 1. The maximum absolute atomic E-state index is 14.1. The van der Waals surface area contributed by atoms with Crippen molar-refractivity contribution >= 4 is 23.5 Å².